The van der Waals surface area contributed by atoms with Gasteiger partial charge in [0, 0.05) is 15.7 Å². The molecule has 0 fully saturated rings. The van der Waals surface area contributed by atoms with E-state index < -0.39 is 6.04 Å². The lowest BCUT2D eigenvalue weighted by molar-refractivity contribution is -0.113. The molecule has 1 aliphatic rings. The van der Waals surface area contributed by atoms with Crippen molar-refractivity contribution in [3.8, 4) is 11.5 Å². The van der Waals surface area contributed by atoms with Gasteiger partial charge in [-0.15, -0.1) is 0 Å². The number of fused-ring (bicyclic) bond motifs is 1. The minimum Gasteiger partial charge on any atom is -0.492 e. The number of hydrogen-bond donors (Lipinski definition) is 2. The number of allylic oxidation sites excluding steroid dienone is 1. The van der Waals surface area contributed by atoms with Crippen molar-refractivity contribution < 1.29 is 14.3 Å². The van der Waals surface area contributed by atoms with Gasteiger partial charge in [0.2, 0.25) is 5.95 Å². The molecule has 5 rings (SSSR count). The van der Waals surface area contributed by atoms with Crippen LogP contribution in [0.25, 0.3) is 0 Å². The Bertz CT molecular complexity index is 1520. The molecule has 10 heteroatoms. The molecule has 194 valence electrons. The number of halogens is 1. The molecular weight excluding hydrogens is 548 g/mol. The highest BCUT2D eigenvalue weighted by atomic mass is 79.9. The zero-order chi connectivity index (χ0) is 26.6. The van der Waals surface area contributed by atoms with Crippen LogP contribution < -0.4 is 20.1 Å². The van der Waals surface area contributed by atoms with E-state index in [2.05, 4.69) is 55.1 Å². The number of tetrazole rings is 1. The number of para-hydroxylation sites is 2. The normalized spacial score (nSPS) is 14.5. The van der Waals surface area contributed by atoms with Gasteiger partial charge in [-0.1, -0.05) is 57.4 Å². The first-order chi connectivity index (χ1) is 18.5. The van der Waals surface area contributed by atoms with Gasteiger partial charge in [-0.3, -0.25) is 4.79 Å². The molecule has 2 heterocycles. The van der Waals surface area contributed by atoms with Crippen LogP contribution in [0.1, 0.15) is 36.6 Å². The highest BCUT2D eigenvalue weighted by Crippen LogP contribution is 2.40. The van der Waals surface area contributed by atoms with E-state index in [0.29, 0.717) is 47.6 Å². The van der Waals surface area contributed by atoms with Gasteiger partial charge >= 0.3 is 0 Å². The average Bonchev–Trinajstić information content (AvgIpc) is 3.37. The number of aromatic nitrogens is 4. The third-order valence-electron chi connectivity index (χ3n) is 6.30. The first kappa shape index (κ1) is 25.5. The molecule has 4 aromatic rings. The summed E-state index contributed by atoms with van der Waals surface area (Å²) in [6.07, 6.45) is 0. The Morgan fingerprint density at radius 1 is 1.05 bits per heavy atom. The summed E-state index contributed by atoms with van der Waals surface area (Å²) in [5, 5.41) is 18.4. The van der Waals surface area contributed by atoms with Gasteiger partial charge in [0.15, 0.2) is 0 Å². The number of benzene rings is 3. The number of ether oxygens (including phenoxy) is 2. The molecule has 38 heavy (non-hydrogen) atoms. The number of nitrogens with zero attached hydrogens (tertiary/aromatic N) is 4. The van der Waals surface area contributed by atoms with Gasteiger partial charge in [-0.2, -0.15) is 4.68 Å². The molecule has 0 saturated heterocycles. The maximum absolute atomic E-state index is 13.9. The third kappa shape index (κ3) is 5.12. The average molecular weight is 575 g/mol. The second-order valence-corrected chi connectivity index (χ2v) is 9.71. The largest absolute Gasteiger partial charge is 0.492 e. The highest BCUT2D eigenvalue weighted by Gasteiger charge is 2.36. The van der Waals surface area contributed by atoms with E-state index in [1.54, 1.807) is 4.68 Å². The topological polar surface area (TPSA) is 103 Å². The molecule has 1 aliphatic heterocycles. The third-order valence-corrected chi connectivity index (χ3v) is 6.80. The molecular formula is C28H27BrN6O3. The van der Waals surface area contributed by atoms with Crippen molar-refractivity contribution in [1.82, 2.24) is 20.2 Å². The first-order valence-electron chi connectivity index (χ1n) is 12.2. The Kier molecular flexibility index (Phi) is 7.41. The fraction of sp³-hybridized carbons (Fsp3) is 0.214. The quantitative estimate of drug-likeness (QED) is 0.280. The molecule has 1 unspecified atom stereocenters. The van der Waals surface area contributed by atoms with E-state index in [-0.39, 0.29) is 5.91 Å². The van der Waals surface area contributed by atoms with Crippen molar-refractivity contribution in [2.45, 2.75) is 33.4 Å². The first-order valence-corrected chi connectivity index (χ1v) is 13.0. The number of hydrogen-bond acceptors (Lipinski definition) is 7. The number of carbonyl (C=O) groups is 1. The number of amides is 1. The van der Waals surface area contributed by atoms with Crippen LogP contribution in [-0.4, -0.2) is 32.7 Å². The molecule has 1 atom stereocenters. The van der Waals surface area contributed by atoms with E-state index in [9.17, 15) is 4.79 Å². The Hall–Kier alpha value is -4.18. The van der Waals surface area contributed by atoms with Gasteiger partial charge in [0.1, 0.15) is 24.1 Å². The van der Waals surface area contributed by atoms with Gasteiger partial charge in [0.05, 0.1) is 17.9 Å². The molecule has 0 bridgehead atoms. The molecule has 0 aliphatic carbocycles. The summed E-state index contributed by atoms with van der Waals surface area (Å²) in [5.74, 6) is 1.34. The smallest absolute Gasteiger partial charge is 0.255 e. The molecule has 1 amide bonds. The number of nitrogens with one attached hydrogen (secondary N) is 2. The Morgan fingerprint density at radius 2 is 1.84 bits per heavy atom. The van der Waals surface area contributed by atoms with Crippen LogP contribution >= 0.6 is 15.9 Å². The van der Waals surface area contributed by atoms with Crippen LogP contribution in [0.5, 0.6) is 11.5 Å². The maximum atomic E-state index is 13.9. The monoisotopic (exact) mass is 574 g/mol. The minimum atomic E-state index is -0.648. The molecule has 0 saturated carbocycles. The standard InChI is InChI=1S/C28H27BrN6O3/c1-4-37-24-12-8-7-11-22(24)31-27(36)25-18(3)30-28-32-33-34-35(28)26(25)21-15-20(29)13-14-23(21)38-16-19-10-6-5-9-17(19)2/h5-15,26H,4,16H2,1-3H3,(H,31,36)(H,30,32,34). The lowest BCUT2D eigenvalue weighted by Gasteiger charge is -2.29. The number of anilines is 2. The van der Waals surface area contributed by atoms with Crippen LogP contribution in [-0.2, 0) is 11.4 Å². The number of aryl methyl sites for hydroxylation is 1. The fourth-order valence-corrected chi connectivity index (χ4v) is 4.81. The predicted molar refractivity (Wildman–Crippen MR) is 148 cm³/mol. The van der Waals surface area contributed by atoms with Crippen molar-refractivity contribution in [1.29, 1.82) is 0 Å². The Balaban J connectivity index is 1.55. The van der Waals surface area contributed by atoms with Gasteiger partial charge in [0.25, 0.3) is 5.91 Å². The van der Waals surface area contributed by atoms with Crippen LogP contribution in [0.15, 0.2) is 82.5 Å². The van der Waals surface area contributed by atoms with Crippen LogP contribution in [0.3, 0.4) is 0 Å². The molecule has 0 radical (unpaired) electrons. The fourth-order valence-electron chi connectivity index (χ4n) is 4.43. The number of carbonyl (C=O) groups excluding carboxylic acids is 1. The molecule has 9 nitrogen and oxygen atoms in total. The van der Waals surface area contributed by atoms with Crippen LogP contribution in [0.2, 0.25) is 0 Å². The van der Waals surface area contributed by atoms with Crippen molar-refractivity contribution in [3.05, 3.63) is 99.2 Å². The second-order valence-electron chi connectivity index (χ2n) is 8.79. The number of rotatable bonds is 8. The highest BCUT2D eigenvalue weighted by molar-refractivity contribution is 9.10. The van der Waals surface area contributed by atoms with Crippen molar-refractivity contribution in [3.63, 3.8) is 0 Å². The minimum absolute atomic E-state index is 0.307. The van der Waals surface area contributed by atoms with Crippen molar-refractivity contribution in [2.24, 2.45) is 0 Å². The summed E-state index contributed by atoms with van der Waals surface area (Å²) in [6.45, 7) is 6.64. The Morgan fingerprint density at radius 3 is 2.66 bits per heavy atom. The van der Waals surface area contributed by atoms with Gasteiger partial charge in [-0.25, -0.2) is 0 Å². The summed E-state index contributed by atoms with van der Waals surface area (Å²) >= 11 is 3.59. The lowest BCUT2D eigenvalue weighted by Crippen LogP contribution is -2.32. The molecule has 2 N–H and O–H groups in total. The molecule has 3 aromatic carbocycles. The van der Waals surface area contributed by atoms with E-state index in [1.807, 2.05) is 74.5 Å². The predicted octanol–water partition coefficient (Wildman–Crippen LogP) is 5.65. The summed E-state index contributed by atoms with van der Waals surface area (Å²) in [4.78, 5) is 13.9. The zero-order valence-electron chi connectivity index (χ0n) is 21.2. The SMILES string of the molecule is CCOc1ccccc1NC(=O)C1=C(C)Nc2nnnn2C1c1cc(Br)ccc1OCc1ccccc1C. The molecule has 0 spiro atoms. The summed E-state index contributed by atoms with van der Waals surface area (Å²) < 4.78 is 14.5. The van der Waals surface area contributed by atoms with Crippen molar-refractivity contribution >= 4 is 33.5 Å². The van der Waals surface area contributed by atoms with Crippen molar-refractivity contribution in [2.75, 3.05) is 17.2 Å². The molecule has 1 aromatic heterocycles. The zero-order valence-corrected chi connectivity index (χ0v) is 22.8. The Labute approximate surface area is 229 Å². The lowest BCUT2D eigenvalue weighted by atomic mass is 9.94. The van der Waals surface area contributed by atoms with E-state index >= 15 is 0 Å². The summed E-state index contributed by atoms with van der Waals surface area (Å²) in [6, 6.07) is 20.5. The second kappa shape index (κ2) is 11.1. The van der Waals surface area contributed by atoms with Crippen LogP contribution in [0, 0.1) is 6.92 Å². The van der Waals surface area contributed by atoms with E-state index in [0.717, 1.165) is 21.2 Å². The van der Waals surface area contributed by atoms with E-state index in [1.165, 1.54) is 0 Å². The van der Waals surface area contributed by atoms with Gasteiger partial charge < -0.3 is 20.1 Å². The van der Waals surface area contributed by atoms with E-state index in [4.69, 9.17) is 9.47 Å². The summed E-state index contributed by atoms with van der Waals surface area (Å²) in [5.41, 5.74) is 4.62. The maximum Gasteiger partial charge on any atom is 0.255 e. The van der Waals surface area contributed by atoms with Gasteiger partial charge in [-0.05, 0) is 72.7 Å². The van der Waals surface area contributed by atoms with Crippen LogP contribution in [0.4, 0.5) is 11.6 Å². The summed E-state index contributed by atoms with van der Waals surface area (Å²) in [7, 11) is 0.